The fourth-order valence-corrected chi connectivity index (χ4v) is 6.95. The predicted octanol–water partition coefficient (Wildman–Crippen LogP) is 3.47. The molecule has 38 heavy (non-hydrogen) atoms. The second-order valence-electron chi connectivity index (χ2n) is 11.4. The van der Waals surface area contributed by atoms with Crippen LogP contribution in [0, 0.1) is 13.8 Å². The number of piperidine rings is 2. The lowest BCUT2D eigenvalue weighted by molar-refractivity contribution is -0.136. The molecule has 2 N–H and O–H groups in total. The number of nitrogens with one attached hydrogen (secondary N) is 2. The van der Waals surface area contributed by atoms with Crippen LogP contribution in [0.2, 0.25) is 0 Å². The van der Waals surface area contributed by atoms with Gasteiger partial charge in [-0.25, -0.2) is 0 Å². The number of ether oxygens (including phenoxy) is 1. The summed E-state index contributed by atoms with van der Waals surface area (Å²) in [7, 11) is 0. The van der Waals surface area contributed by atoms with Crippen LogP contribution < -0.4 is 10.1 Å². The number of H-pyrrole nitrogens is 1. The number of likely N-dealkylation sites (tertiary alicyclic amines) is 1. The van der Waals surface area contributed by atoms with Crippen LogP contribution in [0.15, 0.2) is 30.3 Å². The molecule has 0 bridgehead atoms. The van der Waals surface area contributed by atoms with E-state index in [0.29, 0.717) is 25.1 Å². The van der Waals surface area contributed by atoms with Crippen molar-refractivity contribution in [2.75, 3.05) is 19.7 Å². The normalized spacial score (nSPS) is 22.6. The van der Waals surface area contributed by atoms with Gasteiger partial charge in [-0.1, -0.05) is 24.3 Å². The molecular formula is C30H32N4O4. The number of carbonyl (C=O) groups is 3. The molecule has 2 saturated heterocycles. The Morgan fingerprint density at radius 3 is 2.68 bits per heavy atom. The molecule has 1 aromatic heterocycles. The molecule has 2 aromatic carbocycles. The molecule has 1 unspecified atom stereocenters. The number of aryl methyl sites for hydroxylation is 2. The van der Waals surface area contributed by atoms with Crippen LogP contribution in [-0.2, 0) is 28.1 Å². The summed E-state index contributed by atoms with van der Waals surface area (Å²) >= 11 is 0. The van der Waals surface area contributed by atoms with Crippen molar-refractivity contribution in [2.24, 2.45) is 0 Å². The Morgan fingerprint density at radius 1 is 1.08 bits per heavy atom. The van der Waals surface area contributed by atoms with E-state index in [4.69, 9.17) is 4.74 Å². The summed E-state index contributed by atoms with van der Waals surface area (Å²) in [6.45, 7) is 8.17. The summed E-state index contributed by atoms with van der Waals surface area (Å²) in [6, 6.07) is 9.96. The Hall–Kier alpha value is -3.65. The number of fused-ring (bicyclic) bond motifs is 5. The van der Waals surface area contributed by atoms with E-state index in [1.807, 2.05) is 6.07 Å². The maximum Gasteiger partial charge on any atom is 0.255 e. The molecule has 5 heterocycles. The minimum atomic E-state index is -0.612. The number of hydrogen-bond donors (Lipinski definition) is 2. The van der Waals surface area contributed by atoms with Crippen LogP contribution in [0.1, 0.15) is 64.0 Å². The smallest absolute Gasteiger partial charge is 0.255 e. The predicted molar refractivity (Wildman–Crippen MR) is 142 cm³/mol. The highest BCUT2D eigenvalue weighted by Crippen LogP contribution is 2.49. The Bertz CT molecular complexity index is 1510. The van der Waals surface area contributed by atoms with Crippen molar-refractivity contribution >= 4 is 28.6 Å². The first-order valence-corrected chi connectivity index (χ1v) is 13.6. The summed E-state index contributed by atoms with van der Waals surface area (Å²) in [5.41, 5.74) is 7.80. The highest BCUT2D eigenvalue weighted by Gasteiger charge is 2.47. The molecule has 4 aliphatic rings. The number of hydrogen-bond acceptors (Lipinski definition) is 5. The van der Waals surface area contributed by atoms with E-state index in [1.54, 1.807) is 4.90 Å². The summed E-state index contributed by atoms with van der Waals surface area (Å²) in [4.78, 5) is 45.0. The molecule has 3 amide bonds. The first kappa shape index (κ1) is 23.5. The van der Waals surface area contributed by atoms with Crippen LogP contribution >= 0.6 is 0 Å². The number of carbonyl (C=O) groups excluding carboxylic acids is 3. The van der Waals surface area contributed by atoms with Gasteiger partial charge < -0.3 is 14.6 Å². The Balaban J connectivity index is 1.09. The van der Waals surface area contributed by atoms with Crippen molar-refractivity contribution in [1.82, 2.24) is 20.1 Å². The Morgan fingerprint density at radius 2 is 1.89 bits per heavy atom. The number of aromatic nitrogens is 1. The van der Waals surface area contributed by atoms with Gasteiger partial charge in [0.1, 0.15) is 11.8 Å². The van der Waals surface area contributed by atoms with Crippen LogP contribution in [0.4, 0.5) is 0 Å². The average molecular weight is 513 g/mol. The molecule has 4 aliphatic heterocycles. The lowest BCUT2D eigenvalue weighted by Gasteiger charge is -2.38. The van der Waals surface area contributed by atoms with E-state index in [9.17, 15) is 14.4 Å². The van der Waals surface area contributed by atoms with E-state index in [0.717, 1.165) is 43.8 Å². The molecule has 0 saturated carbocycles. The van der Waals surface area contributed by atoms with E-state index >= 15 is 0 Å². The quantitative estimate of drug-likeness (QED) is 0.524. The monoisotopic (exact) mass is 512 g/mol. The zero-order chi connectivity index (χ0) is 26.2. The van der Waals surface area contributed by atoms with Gasteiger partial charge in [0.05, 0.1) is 18.7 Å². The van der Waals surface area contributed by atoms with Gasteiger partial charge in [-0.2, -0.15) is 0 Å². The lowest BCUT2D eigenvalue weighted by atomic mass is 9.74. The number of aromatic amines is 1. The standard InChI is InChI=1S/C30H32N4O4/c1-17-18(2)31-26-19(4-3-5-20(17)26)14-33-12-10-30(11-13-33)16-38-27-22-15-34(24-8-9-25(35)32-28(24)36)29(37)21(22)6-7-23(27)30/h3-7,24,31H,8-16H2,1-2H3,(H,32,35,36). The van der Waals surface area contributed by atoms with Crippen LogP contribution in [0.3, 0.4) is 0 Å². The largest absolute Gasteiger partial charge is 0.492 e. The molecule has 8 heteroatoms. The zero-order valence-corrected chi connectivity index (χ0v) is 21.9. The topological polar surface area (TPSA) is 94.7 Å². The van der Waals surface area contributed by atoms with E-state index < -0.39 is 6.04 Å². The van der Waals surface area contributed by atoms with Gasteiger partial charge in [0.25, 0.3) is 5.91 Å². The zero-order valence-electron chi connectivity index (χ0n) is 21.9. The van der Waals surface area contributed by atoms with Crippen LogP contribution in [0.5, 0.6) is 5.75 Å². The average Bonchev–Trinajstić information content (AvgIpc) is 3.53. The molecule has 3 aromatic rings. The van der Waals surface area contributed by atoms with Crippen molar-refractivity contribution in [3.63, 3.8) is 0 Å². The fraction of sp³-hybridized carbons (Fsp3) is 0.433. The van der Waals surface area contributed by atoms with E-state index in [1.165, 1.54) is 33.3 Å². The highest BCUT2D eigenvalue weighted by molar-refractivity contribution is 6.05. The molecular weight excluding hydrogens is 480 g/mol. The summed E-state index contributed by atoms with van der Waals surface area (Å²) in [5, 5.41) is 3.68. The van der Waals surface area contributed by atoms with Crippen molar-refractivity contribution in [1.29, 1.82) is 0 Å². The molecule has 7 rings (SSSR count). The van der Waals surface area contributed by atoms with Gasteiger partial charge in [-0.3, -0.25) is 24.6 Å². The lowest BCUT2D eigenvalue weighted by Crippen LogP contribution is -2.52. The molecule has 8 nitrogen and oxygen atoms in total. The van der Waals surface area contributed by atoms with Crippen molar-refractivity contribution in [3.05, 3.63) is 63.8 Å². The van der Waals surface area contributed by atoms with Gasteiger partial charge in [0.2, 0.25) is 11.8 Å². The highest BCUT2D eigenvalue weighted by atomic mass is 16.5. The minimum Gasteiger partial charge on any atom is -0.492 e. The van der Waals surface area contributed by atoms with Gasteiger partial charge in [-0.05, 0) is 63.4 Å². The molecule has 0 radical (unpaired) electrons. The molecule has 2 fully saturated rings. The number of imide groups is 1. The molecule has 1 atom stereocenters. The minimum absolute atomic E-state index is 0.0441. The van der Waals surface area contributed by atoms with Crippen molar-refractivity contribution < 1.29 is 19.1 Å². The number of rotatable bonds is 3. The van der Waals surface area contributed by atoms with E-state index in [2.05, 4.69) is 53.3 Å². The van der Waals surface area contributed by atoms with Crippen molar-refractivity contribution in [2.45, 2.75) is 64.1 Å². The van der Waals surface area contributed by atoms with Gasteiger partial charge in [0, 0.05) is 46.2 Å². The maximum absolute atomic E-state index is 13.2. The number of nitrogens with zero attached hydrogens (tertiary/aromatic N) is 2. The summed E-state index contributed by atoms with van der Waals surface area (Å²) < 4.78 is 6.33. The van der Waals surface area contributed by atoms with E-state index in [-0.39, 0.29) is 29.6 Å². The Kier molecular flexibility index (Phi) is 5.20. The third-order valence-electron chi connectivity index (χ3n) is 9.37. The Labute approximate surface area is 221 Å². The van der Waals surface area contributed by atoms with Crippen LogP contribution in [0.25, 0.3) is 10.9 Å². The third-order valence-corrected chi connectivity index (χ3v) is 9.37. The second kappa shape index (κ2) is 8.43. The molecule has 0 aliphatic carbocycles. The second-order valence-corrected chi connectivity index (χ2v) is 11.4. The van der Waals surface area contributed by atoms with Crippen LogP contribution in [-0.4, -0.2) is 58.2 Å². The summed E-state index contributed by atoms with van der Waals surface area (Å²) in [6.07, 6.45) is 2.62. The maximum atomic E-state index is 13.2. The van der Waals surface area contributed by atoms with Gasteiger partial charge in [0.15, 0.2) is 0 Å². The summed E-state index contributed by atoms with van der Waals surface area (Å²) in [5.74, 6) is 0.0220. The van der Waals surface area contributed by atoms with Gasteiger partial charge >= 0.3 is 0 Å². The number of benzene rings is 2. The fourth-order valence-electron chi connectivity index (χ4n) is 6.95. The third kappa shape index (κ3) is 3.42. The number of para-hydroxylation sites is 1. The van der Waals surface area contributed by atoms with Gasteiger partial charge in [-0.15, -0.1) is 0 Å². The first-order chi connectivity index (χ1) is 18.3. The first-order valence-electron chi connectivity index (χ1n) is 13.6. The SMILES string of the molecule is Cc1[nH]c2c(CN3CCC4(CC3)COc3c4ccc4c3CN(C3CCC(=O)NC3=O)C4=O)cccc2c1C. The molecule has 1 spiro atoms. The van der Waals surface area contributed by atoms with Crippen molar-refractivity contribution in [3.8, 4) is 5.75 Å². The number of amides is 3. The molecule has 196 valence electrons.